The number of pyridine rings is 1. The Bertz CT molecular complexity index is 891. The molecule has 0 saturated carbocycles. The van der Waals surface area contributed by atoms with Crippen LogP contribution in [0.15, 0.2) is 41.2 Å². The third-order valence-electron chi connectivity index (χ3n) is 3.56. The number of carbonyl (C=O) groups excluding carboxylic acids is 1. The van der Waals surface area contributed by atoms with Crippen LogP contribution in [0.5, 0.6) is 0 Å². The highest BCUT2D eigenvalue weighted by molar-refractivity contribution is 5.76. The van der Waals surface area contributed by atoms with Gasteiger partial charge in [-0.05, 0) is 17.7 Å². The van der Waals surface area contributed by atoms with E-state index in [1.165, 1.54) is 11.7 Å². The highest BCUT2D eigenvalue weighted by Crippen LogP contribution is 2.20. The maximum Gasteiger partial charge on any atom is 0.327 e. The number of methoxy groups -OCH3 is 1. The molecule has 2 aromatic heterocycles. The third kappa shape index (κ3) is 2.50. The van der Waals surface area contributed by atoms with Gasteiger partial charge in [-0.15, -0.1) is 0 Å². The molecule has 1 N–H and O–H groups in total. The topological polar surface area (TPSA) is 77.0 Å². The molecule has 0 saturated heterocycles. The molecule has 0 aliphatic heterocycles. The van der Waals surface area contributed by atoms with Crippen LogP contribution in [0, 0.1) is 0 Å². The second-order valence-electron chi connectivity index (χ2n) is 5.01. The summed E-state index contributed by atoms with van der Waals surface area (Å²) in [4.78, 5) is 30.1. The summed E-state index contributed by atoms with van der Waals surface area (Å²) in [7, 11) is 3.05. The Morgan fingerprint density at radius 3 is 2.64 bits per heavy atom. The first kappa shape index (κ1) is 14.1. The highest BCUT2D eigenvalue weighted by atomic mass is 16.5. The predicted molar refractivity (Wildman–Crippen MR) is 82.5 cm³/mol. The predicted octanol–water partition coefficient (Wildman–Crippen LogP) is 1.64. The van der Waals surface area contributed by atoms with Crippen molar-refractivity contribution in [3.63, 3.8) is 0 Å². The molecule has 0 fully saturated rings. The number of nitrogens with zero attached hydrogens (tertiary/aromatic N) is 2. The number of aryl methyl sites for hydroxylation is 1. The van der Waals surface area contributed by atoms with Crippen molar-refractivity contribution in [2.24, 2.45) is 7.05 Å². The molecule has 6 nitrogen and oxygen atoms in total. The quantitative estimate of drug-likeness (QED) is 0.746. The van der Waals surface area contributed by atoms with Crippen LogP contribution in [0.1, 0.15) is 5.56 Å². The molecule has 0 amide bonds. The number of esters is 1. The van der Waals surface area contributed by atoms with Gasteiger partial charge in [0, 0.05) is 12.6 Å². The van der Waals surface area contributed by atoms with Gasteiger partial charge in [-0.3, -0.25) is 9.36 Å². The summed E-state index contributed by atoms with van der Waals surface area (Å²) in [5.74, 6) is -0.269. The summed E-state index contributed by atoms with van der Waals surface area (Å²) in [5, 5.41) is 0. The zero-order chi connectivity index (χ0) is 15.7. The minimum Gasteiger partial charge on any atom is -0.469 e. The van der Waals surface area contributed by atoms with Gasteiger partial charge in [0.05, 0.1) is 24.7 Å². The number of fused-ring (bicyclic) bond motifs is 1. The minimum atomic E-state index is -0.269. The number of aromatic nitrogens is 3. The van der Waals surface area contributed by atoms with Crippen LogP contribution in [0.4, 0.5) is 0 Å². The molecule has 0 aliphatic carbocycles. The maximum absolute atomic E-state index is 11.6. The van der Waals surface area contributed by atoms with Crippen molar-refractivity contribution in [1.29, 1.82) is 0 Å². The summed E-state index contributed by atoms with van der Waals surface area (Å²) in [6.07, 6.45) is 0.246. The second-order valence-corrected chi connectivity index (χ2v) is 5.01. The van der Waals surface area contributed by atoms with E-state index in [1.54, 1.807) is 7.05 Å². The van der Waals surface area contributed by atoms with Crippen LogP contribution in [0.25, 0.3) is 22.4 Å². The molecule has 22 heavy (non-hydrogen) atoms. The Balaban J connectivity index is 1.95. The maximum atomic E-state index is 11.6. The van der Waals surface area contributed by atoms with E-state index in [0.29, 0.717) is 11.2 Å². The number of benzene rings is 1. The summed E-state index contributed by atoms with van der Waals surface area (Å²) in [6.45, 7) is 0. The number of rotatable bonds is 3. The molecular weight excluding hydrogens is 282 g/mol. The van der Waals surface area contributed by atoms with E-state index in [2.05, 4.69) is 14.7 Å². The number of ether oxygens (including phenoxy) is 1. The molecular formula is C16H15N3O3. The molecule has 0 bridgehead atoms. The molecule has 0 aliphatic rings. The molecule has 0 atom stereocenters. The average molecular weight is 297 g/mol. The largest absolute Gasteiger partial charge is 0.469 e. The molecule has 2 heterocycles. The lowest BCUT2D eigenvalue weighted by Gasteiger charge is -2.04. The average Bonchev–Trinajstić information content (AvgIpc) is 2.82. The number of hydrogen-bond acceptors (Lipinski definition) is 4. The lowest BCUT2D eigenvalue weighted by molar-refractivity contribution is -0.139. The first-order valence-electron chi connectivity index (χ1n) is 6.80. The van der Waals surface area contributed by atoms with E-state index >= 15 is 0 Å². The van der Waals surface area contributed by atoms with Crippen molar-refractivity contribution >= 4 is 17.1 Å². The van der Waals surface area contributed by atoms with Gasteiger partial charge < -0.3 is 9.72 Å². The fourth-order valence-corrected chi connectivity index (χ4v) is 2.29. The fourth-order valence-electron chi connectivity index (χ4n) is 2.29. The normalized spacial score (nSPS) is 10.8. The van der Waals surface area contributed by atoms with Crippen LogP contribution in [0.3, 0.4) is 0 Å². The van der Waals surface area contributed by atoms with E-state index in [-0.39, 0.29) is 18.1 Å². The lowest BCUT2D eigenvalue weighted by atomic mass is 10.1. The van der Waals surface area contributed by atoms with Crippen LogP contribution < -0.4 is 5.69 Å². The number of H-pyrrole nitrogens is 1. The number of carbonyl (C=O) groups is 1. The molecule has 0 unspecified atom stereocenters. The van der Waals surface area contributed by atoms with Gasteiger partial charge in [0.2, 0.25) is 0 Å². The number of nitrogens with one attached hydrogen (secondary N) is 1. The van der Waals surface area contributed by atoms with Gasteiger partial charge in [-0.1, -0.05) is 24.3 Å². The summed E-state index contributed by atoms with van der Waals surface area (Å²) >= 11 is 0. The van der Waals surface area contributed by atoms with Gasteiger partial charge in [0.25, 0.3) is 0 Å². The van der Waals surface area contributed by atoms with Gasteiger partial charge >= 0.3 is 11.7 Å². The Morgan fingerprint density at radius 2 is 1.95 bits per heavy atom. The second kappa shape index (κ2) is 5.48. The Morgan fingerprint density at radius 1 is 1.23 bits per heavy atom. The van der Waals surface area contributed by atoms with Crippen molar-refractivity contribution < 1.29 is 9.53 Å². The Labute approximate surface area is 126 Å². The van der Waals surface area contributed by atoms with E-state index in [4.69, 9.17) is 0 Å². The fraction of sp³-hybridized carbons (Fsp3) is 0.188. The Hall–Kier alpha value is -2.89. The first-order chi connectivity index (χ1) is 10.6. The van der Waals surface area contributed by atoms with Gasteiger partial charge in [-0.25, -0.2) is 9.78 Å². The van der Waals surface area contributed by atoms with Crippen LogP contribution >= 0.6 is 0 Å². The van der Waals surface area contributed by atoms with E-state index < -0.39 is 0 Å². The molecule has 3 rings (SSSR count). The van der Waals surface area contributed by atoms with Crippen molar-refractivity contribution in [1.82, 2.24) is 14.5 Å². The number of hydrogen-bond donors (Lipinski definition) is 1. The zero-order valence-electron chi connectivity index (χ0n) is 12.3. The van der Waals surface area contributed by atoms with Crippen LogP contribution in [-0.4, -0.2) is 27.6 Å². The zero-order valence-corrected chi connectivity index (χ0v) is 12.3. The van der Waals surface area contributed by atoms with Gasteiger partial charge in [-0.2, -0.15) is 0 Å². The third-order valence-corrected chi connectivity index (χ3v) is 3.56. The van der Waals surface area contributed by atoms with Crippen molar-refractivity contribution in [2.75, 3.05) is 7.11 Å². The molecule has 112 valence electrons. The summed E-state index contributed by atoms with van der Waals surface area (Å²) < 4.78 is 6.12. The summed E-state index contributed by atoms with van der Waals surface area (Å²) in [6, 6.07) is 11.2. The molecule has 6 heteroatoms. The van der Waals surface area contributed by atoms with Crippen molar-refractivity contribution in [3.05, 3.63) is 52.4 Å². The SMILES string of the molecule is COC(=O)Cc1ccc(-c2ccc3[nH]c(=O)n(C)c3n2)cc1. The smallest absolute Gasteiger partial charge is 0.327 e. The molecule has 3 aromatic rings. The van der Waals surface area contributed by atoms with Crippen LogP contribution in [0.2, 0.25) is 0 Å². The first-order valence-corrected chi connectivity index (χ1v) is 6.80. The van der Waals surface area contributed by atoms with E-state index in [1.807, 2.05) is 36.4 Å². The monoisotopic (exact) mass is 297 g/mol. The van der Waals surface area contributed by atoms with Crippen molar-refractivity contribution in [2.45, 2.75) is 6.42 Å². The molecule has 0 spiro atoms. The van der Waals surface area contributed by atoms with Gasteiger partial charge in [0.1, 0.15) is 0 Å². The molecule has 0 radical (unpaired) electrons. The van der Waals surface area contributed by atoms with Crippen molar-refractivity contribution in [3.8, 4) is 11.3 Å². The number of aromatic amines is 1. The van der Waals surface area contributed by atoms with Gasteiger partial charge in [0.15, 0.2) is 5.65 Å². The standard InChI is InChI=1S/C16H15N3O3/c1-19-15-13(18-16(19)21)8-7-12(17-15)11-5-3-10(4-6-11)9-14(20)22-2/h3-8H,9H2,1-2H3,(H,18,21). The number of imidazole rings is 1. The minimum absolute atomic E-state index is 0.187. The van der Waals surface area contributed by atoms with E-state index in [0.717, 1.165) is 16.8 Å². The van der Waals surface area contributed by atoms with E-state index in [9.17, 15) is 9.59 Å². The summed E-state index contributed by atoms with van der Waals surface area (Å²) in [5.41, 5.74) is 3.70. The highest BCUT2D eigenvalue weighted by Gasteiger charge is 2.08. The molecule has 1 aromatic carbocycles. The Kier molecular flexibility index (Phi) is 3.50. The van der Waals surface area contributed by atoms with Crippen LogP contribution in [-0.2, 0) is 23.0 Å². The lowest BCUT2D eigenvalue weighted by Crippen LogP contribution is -2.12.